The monoisotopic (exact) mass is 184 g/mol. The molecule has 0 fully saturated rings. The minimum absolute atomic E-state index is 0.0903. The Labute approximate surface area is 74.4 Å². The Morgan fingerprint density at radius 1 is 1.54 bits per heavy atom. The Hall–Kier alpha value is -1.42. The van der Waals surface area contributed by atoms with Crippen molar-refractivity contribution < 1.29 is 19.4 Å². The first-order valence-electron chi connectivity index (χ1n) is 3.70. The summed E-state index contributed by atoms with van der Waals surface area (Å²) < 4.78 is 12.9. The molecular weight excluding hydrogens is 175 g/mol. The van der Waals surface area contributed by atoms with Crippen molar-refractivity contribution in [2.45, 2.75) is 13.0 Å². The van der Waals surface area contributed by atoms with Crippen molar-refractivity contribution in [1.29, 1.82) is 0 Å². The van der Waals surface area contributed by atoms with E-state index >= 15 is 0 Å². The lowest BCUT2D eigenvalue weighted by atomic mass is 10.0. The third-order valence-electron chi connectivity index (χ3n) is 1.84. The zero-order valence-corrected chi connectivity index (χ0v) is 6.99. The molecule has 0 aromatic heterocycles. The van der Waals surface area contributed by atoms with Crippen molar-refractivity contribution in [3.8, 4) is 0 Å². The molecule has 0 spiro atoms. The van der Waals surface area contributed by atoms with Crippen LogP contribution < -0.4 is 0 Å². The van der Waals surface area contributed by atoms with Gasteiger partial charge in [0.2, 0.25) is 0 Å². The molecule has 4 heteroatoms. The number of aliphatic hydroxyl groups excluding tert-OH is 1. The third-order valence-corrected chi connectivity index (χ3v) is 1.84. The van der Waals surface area contributed by atoms with Gasteiger partial charge in [0, 0.05) is 0 Å². The van der Waals surface area contributed by atoms with Crippen LogP contribution >= 0.6 is 0 Å². The minimum Gasteiger partial charge on any atom is -0.479 e. The fourth-order valence-electron chi connectivity index (χ4n) is 1.05. The van der Waals surface area contributed by atoms with Gasteiger partial charge in [-0.05, 0) is 24.1 Å². The quantitative estimate of drug-likeness (QED) is 0.727. The number of aliphatic carboxylic acids is 1. The largest absolute Gasteiger partial charge is 0.479 e. The van der Waals surface area contributed by atoms with Gasteiger partial charge in [-0.15, -0.1) is 0 Å². The van der Waals surface area contributed by atoms with Gasteiger partial charge >= 0.3 is 5.97 Å². The second-order valence-electron chi connectivity index (χ2n) is 2.69. The van der Waals surface area contributed by atoms with Gasteiger partial charge in [-0.25, -0.2) is 9.18 Å². The maximum atomic E-state index is 12.9. The highest BCUT2D eigenvalue weighted by molar-refractivity contribution is 5.74. The van der Waals surface area contributed by atoms with Gasteiger partial charge < -0.3 is 10.2 Å². The Bertz CT molecular complexity index is 336. The number of carboxylic acid groups (broad SMARTS) is 1. The van der Waals surface area contributed by atoms with Crippen LogP contribution in [0.4, 0.5) is 4.39 Å². The maximum absolute atomic E-state index is 12.9. The summed E-state index contributed by atoms with van der Waals surface area (Å²) in [5.74, 6) is -1.90. The highest BCUT2D eigenvalue weighted by Gasteiger charge is 2.18. The van der Waals surface area contributed by atoms with E-state index in [4.69, 9.17) is 10.2 Å². The lowest BCUT2D eigenvalue weighted by Gasteiger charge is -2.09. The van der Waals surface area contributed by atoms with Crippen molar-refractivity contribution >= 4 is 5.97 Å². The van der Waals surface area contributed by atoms with E-state index in [1.165, 1.54) is 25.1 Å². The second kappa shape index (κ2) is 3.53. The first kappa shape index (κ1) is 9.67. The van der Waals surface area contributed by atoms with Crippen LogP contribution in [-0.4, -0.2) is 16.2 Å². The predicted octanol–water partition coefficient (Wildman–Crippen LogP) is 1.25. The molecule has 0 saturated heterocycles. The lowest BCUT2D eigenvalue weighted by Crippen LogP contribution is -2.12. The van der Waals surface area contributed by atoms with Crippen molar-refractivity contribution in [3.63, 3.8) is 0 Å². The Morgan fingerprint density at radius 2 is 2.15 bits per heavy atom. The van der Waals surface area contributed by atoms with E-state index in [2.05, 4.69) is 0 Å². The fraction of sp³-hybridized carbons (Fsp3) is 0.222. The summed E-state index contributed by atoms with van der Waals surface area (Å²) in [5, 5.41) is 17.6. The molecule has 0 aliphatic carbocycles. The van der Waals surface area contributed by atoms with Gasteiger partial charge in [-0.1, -0.05) is 12.1 Å². The highest BCUT2D eigenvalue weighted by Crippen LogP contribution is 2.19. The number of halogens is 1. The predicted molar refractivity (Wildman–Crippen MR) is 43.7 cm³/mol. The molecule has 0 aliphatic rings. The molecule has 0 bridgehead atoms. The molecule has 0 amide bonds. The number of benzene rings is 1. The molecule has 1 atom stereocenters. The molecule has 1 rings (SSSR count). The minimum atomic E-state index is -1.66. The molecule has 13 heavy (non-hydrogen) atoms. The van der Waals surface area contributed by atoms with Gasteiger partial charge in [0.05, 0.1) is 0 Å². The van der Waals surface area contributed by atoms with Crippen molar-refractivity contribution in [3.05, 3.63) is 35.1 Å². The van der Waals surface area contributed by atoms with Gasteiger partial charge in [0.1, 0.15) is 5.82 Å². The van der Waals surface area contributed by atoms with E-state index in [1.807, 2.05) is 0 Å². The number of carboxylic acids is 1. The van der Waals surface area contributed by atoms with Crippen LogP contribution in [0.15, 0.2) is 18.2 Å². The fourth-order valence-corrected chi connectivity index (χ4v) is 1.05. The normalized spacial score (nSPS) is 12.5. The standard InChI is InChI=1S/C9H9FO3/c1-5-6(8(11)9(12)13)3-2-4-7(5)10/h2-4,8,11H,1H3,(H,12,13). The van der Waals surface area contributed by atoms with Gasteiger partial charge in [0.15, 0.2) is 6.10 Å². The molecule has 70 valence electrons. The lowest BCUT2D eigenvalue weighted by molar-refractivity contribution is -0.147. The summed E-state index contributed by atoms with van der Waals surface area (Å²) in [4.78, 5) is 10.4. The second-order valence-corrected chi connectivity index (χ2v) is 2.69. The Morgan fingerprint density at radius 3 is 2.69 bits per heavy atom. The summed E-state index contributed by atoms with van der Waals surface area (Å²) in [6.07, 6.45) is -1.66. The van der Waals surface area contributed by atoms with Gasteiger partial charge in [-0.2, -0.15) is 0 Å². The van der Waals surface area contributed by atoms with Crippen molar-refractivity contribution in [1.82, 2.24) is 0 Å². The van der Waals surface area contributed by atoms with E-state index in [0.717, 1.165) is 0 Å². The summed E-state index contributed by atoms with van der Waals surface area (Å²) in [6, 6.07) is 3.97. The van der Waals surface area contributed by atoms with Crippen LogP contribution in [0.3, 0.4) is 0 Å². The first-order valence-corrected chi connectivity index (χ1v) is 3.70. The van der Waals surface area contributed by atoms with Crippen molar-refractivity contribution in [2.24, 2.45) is 0 Å². The summed E-state index contributed by atoms with van der Waals surface area (Å²) in [5.41, 5.74) is 0.255. The average Bonchev–Trinajstić information content (AvgIpc) is 2.08. The molecule has 0 heterocycles. The van der Waals surface area contributed by atoms with Crippen LogP contribution in [0, 0.1) is 12.7 Å². The maximum Gasteiger partial charge on any atom is 0.337 e. The average molecular weight is 184 g/mol. The van der Waals surface area contributed by atoms with Crippen LogP contribution in [0.5, 0.6) is 0 Å². The van der Waals surface area contributed by atoms with Crippen molar-refractivity contribution in [2.75, 3.05) is 0 Å². The van der Waals surface area contributed by atoms with E-state index in [1.54, 1.807) is 0 Å². The SMILES string of the molecule is Cc1c(F)cccc1C(O)C(=O)O. The molecular formula is C9H9FO3. The van der Waals surface area contributed by atoms with E-state index in [0.29, 0.717) is 0 Å². The van der Waals surface area contributed by atoms with Crippen LogP contribution in [0.2, 0.25) is 0 Å². The zero-order chi connectivity index (χ0) is 10.0. The summed E-state index contributed by atoms with van der Waals surface area (Å²) in [6.45, 7) is 1.43. The van der Waals surface area contributed by atoms with Crippen LogP contribution in [0.25, 0.3) is 0 Å². The highest BCUT2D eigenvalue weighted by atomic mass is 19.1. The molecule has 2 N–H and O–H groups in total. The first-order chi connectivity index (χ1) is 6.04. The van der Waals surface area contributed by atoms with E-state index in [9.17, 15) is 9.18 Å². The molecule has 0 aliphatic heterocycles. The molecule has 1 unspecified atom stereocenters. The zero-order valence-electron chi connectivity index (χ0n) is 6.99. The number of aliphatic hydroxyl groups is 1. The van der Waals surface area contributed by atoms with Crippen LogP contribution in [0.1, 0.15) is 17.2 Å². The topological polar surface area (TPSA) is 57.5 Å². The number of hydrogen-bond donors (Lipinski definition) is 2. The number of rotatable bonds is 2. The number of hydrogen-bond acceptors (Lipinski definition) is 2. The van der Waals surface area contributed by atoms with E-state index in [-0.39, 0.29) is 11.1 Å². The molecule has 3 nitrogen and oxygen atoms in total. The van der Waals surface area contributed by atoms with E-state index < -0.39 is 17.9 Å². The molecule has 0 radical (unpaired) electrons. The van der Waals surface area contributed by atoms with Gasteiger partial charge in [-0.3, -0.25) is 0 Å². The smallest absolute Gasteiger partial charge is 0.337 e. The Balaban J connectivity index is 3.15. The number of carbonyl (C=O) groups is 1. The van der Waals surface area contributed by atoms with Gasteiger partial charge in [0.25, 0.3) is 0 Å². The Kier molecular flexibility index (Phi) is 2.63. The molecule has 1 aromatic carbocycles. The molecule has 0 saturated carbocycles. The summed E-state index contributed by atoms with van der Waals surface area (Å²) in [7, 11) is 0. The molecule has 1 aromatic rings. The third kappa shape index (κ3) is 1.84. The van der Waals surface area contributed by atoms with Crippen LogP contribution in [-0.2, 0) is 4.79 Å². The summed E-state index contributed by atoms with van der Waals surface area (Å²) >= 11 is 0.